The zero-order valence-electron chi connectivity index (χ0n) is 10.5. The Balaban J connectivity index is 2.15. The van der Waals surface area contributed by atoms with Crippen LogP contribution in [-0.2, 0) is 12.8 Å². The smallest absolute Gasteiger partial charge is 0.0804 e. The van der Waals surface area contributed by atoms with E-state index >= 15 is 0 Å². The van der Waals surface area contributed by atoms with Gasteiger partial charge in [0.1, 0.15) is 0 Å². The molecule has 1 atom stereocenters. The highest BCUT2D eigenvalue weighted by molar-refractivity contribution is 7.05. The van der Waals surface area contributed by atoms with Gasteiger partial charge in [-0.15, -0.1) is 5.10 Å². The molecule has 0 amide bonds. The first-order chi connectivity index (χ1) is 8.85. The number of hydrogen-bond donors (Lipinski definition) is 2. The lowest BCUT2D eigenvalue weighted by Crippen LogP contribution is -2.29. The minimum Gasteiger partial charge on any atom is -0.271 e. The van der Waals surface area contributed by atoms with Gasteiger partial charge in [0.25, 0.3) is 0 Å². The summed E-state index contributed by atoms with van der Waals surface area (Å²) in [7, 11) is 0. The highest BCUT2D eigenvalue weighted by atomic mass is 32.1. The van der Waals surface area contributed by atoms with Crippen LogP contribution in [0, 0.1) is 0 Å². The van der Waals surface area contributed by atoms with E-state index in [1.54, 1.807) is 0 Å². The van der Waals surface area contributed by atoms with Crippen molar-refractivity contribution in [1.29, 1.82) is 0 Å². The van der Waals surface area contributed by atoms with E-state index in [-0.39, 0.29) is 6.04 Å². The summed E-state index contributed by atoms with van der Waals surface area (Å²) in [5, 5.41) is 4.19. The van der Waals surface area contributed by atoms with Crippen LogP contribution >= 0.6 is 11.5 Å². The van der Waals surface area contributed by atoms with E-state index in [4.69, 9.17) is 5.84 Å². The fourth-order valence-electron chi connectivity index (χ4n) is 1.97. The summed E-state index contributed by atoms with van der Waals surface area (Å²) in [5.41, 5.74) is 5.21. The zero-order chi connectivity index (χ0) is 12.8. The second-order valence-electron chi connectivity index (χ2n) is 4.24. The number of hydrazine groups is 1. The number of nitrogens with two attached hydrogens (primary N) is 1. The largest absolute Gasteiger partial charge is 0.271 e. The third kappa shape index (κ3) is 3.13. The number of aromatic nitrogens is 2. The van der Waals surface area contributed by atoms with Crippen molar-refractivity contribution >= 4 is 11.5 Å². The third-order valence-corrected chi connectivity index (χ3v) is 3.75. The molecular formula is C13H18N4S. The predicted octanol–water partition coefficient (Wildman–Crippen LogP) is 2.24. The van der Waals surface area contributed by atoms with Crippen LogP contribution in [0.1, 0.15) is 35.5 Å². The average Bonchev–Trinajstić information content (AvgIpc) is 2.86. The van der Waals surface area contributed by atoms with Crippen molar-refractivity contribution in [1.82, 2.24) is 15.0 Å². The zero-order valence-corrected chi connectivity index (χ0v) is 11.3. The Kier molecular flexibility index (Phi) is 4.81. The molecule has 1 heterocycles. The number of hydrogen-bond acceptors (Lipinski definition) is 5. The first-order valence-corrected chi connectivity index (χ1v) is 6.93. The molecule has 3 N–H and O–H groups in total. The SMILES string of the molecule is CCCc1nnsc1C(Cc1ccccc1)NN. The first-order valence-electron chi connectivity index (χ1n) is 6.16. The number of nitrogens with zero attached hydrogens (tertiary/aromatic N) is 2. The molecule has 1 unspecified atom stereocenters. The molecule has 0 radical (unpaired) electrons. The van der Waals surface area contributed by atoms with Gasteiger partial charge >= 0.3 is 0 Å². The monoisotopic (exact) mass is 262 g/mol. The van der Waals surface area contributed by atoms with Crippen molar-refractivity contribution in [3.8, 4) is 0 Å². The van der Waals surface area contributed by atoms with Crippen LogP contribution in [0.25, 0.3) is 0 Å². The summed E-state index contributed by atoms with van der Waals surface area (Å²) in [6.07, 6.45) is 2.89. The molecule has 5 heteroatoms. The molecule has 18 heavy (non-hydrogen) atoms. The molecule has 0 aliphatic carbocycles. The van der Waals surface area contributed by atoms with Crippen LogP contribution in [0.5, 0.6) is 0 Å². The molecule has 0 saturated carbocycles. The maximum absolute atomic E-state index is 5.68. The highest BCUT2D eigenvalue weighted by Gasteiger charge is 2.18. The molecule has 0 aliphatic rings. The van der Waals surface area contributed by atoms with Gasteiger partial charge in [-0.25, -0.2) is 0 Å². The van der Waals surface area contributed by atoms with Gasteiger partial charge in [-0.1, -0.05) is 48.2 Å². The van der Waals surface area contributed by atoms with E-state index < -0.39 is 0 Å². The maximum atomic E-state index is 5.68. The van der Waals surface area contributed by atoms with Gasteiger partial charge in [0, 0.05) is 0 Å². The molecule has 0 spiro atoms. The number of rotatable bonds is 6. The van der Waals surface area contributed by atoms with E-state index in [1.807, 2.05) is 18.2 Å². The molecular weight excluding hydrogens is 244 g/mol. The standard InChI is InChI=1S/C13H18N4S/c1-2-6-11-13(18-17-16-11)12(15-14)9-10-7-4-3-5-8-10/h3-5,7-8,12,15H,2,6,9,14H2,1H3. The molecule has 2 aromatic rings. The van der Waals surface area contributed by atoms with E-state index in [9.17, 15) is 0 Å². The van der Waals surface area contributed by atoms with Gasteiger partial charge in [0.15, 0.2) is 0 Å². The summed E-state index contributed by atoms with van der Waals surface area (Å²) in [6.45, 7) is 2.14. The Bertz CT molecular complexity index is 469. The number of aryl methyl sites for hydroxylation is 1. The third-order valence-electron chi connectivity index (χ3n) is 2.87. The minimum atomic E-state index is 0.0916. The van der Waals surface area contributed by atoms with Crippen LogP contribution in [0.2, 0.25) is 0 Å². The lowest BCUT2D eigenvalue weighted by molar-refractivity contribution is 0.554. The Hall–Kier alpha value is -1.30. The molecule has 0 saturated heterocycles. The molecule has 4 nitrogen and oxygen atoms in total. The molecule has 2 rings (SSSR count). The van der Waals surface area contributed by atoms with E-state index in [0.717, 1.165) is 29.8 Å². The van der Waals surface area contributed by atoms with Crippen molar-refractivity contribution < 1.29 is 0 Å². The van der Waals surface area contributed by atoms with Crippen LogP contribution in [0.15, 0.2) is 30.3 Å². The van der Waals surface area contributed by atoms with Crippen molar-refractivity contribution in [2.75, 3.05) is 0 Å². The number of benzene rings is 1. The van der Waals surface area contributed by atoms with Crippen LogP contribution in [0.3, 0.4) is 0 Å². The lowest BCUT2D eigenvalue weighted by Gasteiger charge is -2.14. The second kappa shape index (κ2) is 6.58. The topological polar surface area (TPSA) is 63.8 Å². The van der Waals surface area contributed by atoms with Gasteiger partial charge < -0.3 is 0 Å². The summed E-state index contributed by atoms with van der Waals surface area (Å²) >= 11 is 1.44. The fraction of sp³-hybridized carbons (Fsp3) is 0.385. The maximum Gasteiger partial charge on any atom is 0.0804 e. The molecule has 1 aromatic heterocycles. The van der Waals surface area contributed by atoms with Crippen LogP contribution in [0.4, 0.5) is 0 Å². The highest BCUT2D eigenvalue weighted by Crippen LogP contribution is 2.24. The second-order valence-corrected chi connectivity index (χ2v) is 5.03. The summed E-state index contributed by atoms with van der Waals surface area (Å²) in [4.78, 5) is 1.16. The Morgan fingerprint density at radius 1 is 1.33 bits per heavy atom. The van der Waals surface area contributed by atoms with Gasteiger partial charge in [-0.2, -0.15) is 0 Å². The Labute approximate surface area is 111 Å². The quantitative estimate of drug-likeness (QED) is 0.619. The van der Waals surface area contributed by atoms with Crippen molar-refractivity contribution in [3.05, 3.63) is 46.5 Å². The van der Waals surface area contributed by atoms with Gasteiger partial charge in [-0.05, 0) is 29.9 Å². The molecule has 0 aliphatic heterocycles. The predicted molar refractivity (Wildman–Crippen MR) is 74.1 cm³/mol. The van der Waals surface area contributed by atoms with Crippen LogP contribution < -0.4 is 11.3 Å². The molecule has 0 fully saturated rings. The number of nitrogens with one attached hydrogen (secondary N) is 1. The molecule has 1 aromatic carbocycles. The minimum absolute atomic E-state index is 0.0916. The van der Waals surface area contributed by atoms with Gasteiger partial charge in [0.05, 0.1) is 16.6 Å². The molecule has 96 valence electrons. The fourth-order valence-corrected chi connectivity index (χ4v) is 2.72. The summed E-state index contributed by atoms with van der Waals surface area (Å²) < 4.78 is 4.05. The average molecular weight is 262 g/mol. The Morgan fingerprint density at radius 3 is 2.78 bits per heavy atom. The van der Waals surface area contributed by atoms with E-state index in [0.29, 0.717) is 0 Å². The van der Waals surface area contributed by atoms with Gasteiger partial charge in [-0.3, -0.25) is 11.3 Å². The van der Waals surface area contributed by atoms with Crippen molar-refractivity contribution in [2.45, 2.75) is 32.2 Å². The van der Waals surface area contributed by atoms with Crippen molar-refractivity contribution in [3.63, 3.8) is 0 Å². The van der Waals surface area contributed by atoms with E-state index in [2.05, 4.69) is 34.1 Å². The molecule has 0 bridgehead atoms. The van der Waals surface area contributed by atoms with E-state index in [1.165, 1.54) is 17.1 Å². The van der Waals surface area contributed by atoms with Crippen molar-refractivity contribution in [2.24, 2.45) is 5.84 Å². The normalized spacial score (nSPS) is 12.6. The lowest BCUT2D eigenvalue weighted by atomic mass is 10.0. The first kappa shape index (κ1) is 13.1. The van der Waals surface area contributed by atoms with Crippen LogP contribution in [-0.4, -0.2) is 9.59 Å². The summed E-state index contributed by atoms with van der Waals surface area (Å²) in [5.74, 6) is 5.68. The van der Waals surface area contributed by atoms with Gasteiger partial charge in [0.2, 0.25) is 0 Å². The Morgan fingerprint density at radius 2 is 2.11 bits per heavy atom. The summed E-state index contributed by atoms with van der Waals surface area (Å²) in [6, 6.07) is 10.4.